The topological polar surface area (TPSA) is 66.8 Å². The van der Waals surface area contributed by atoms with Crippen LogP contribution in [0.4, 0.5) is 0 Å². The van der Waals surface area contributed by atoms with Crippen molar-refractivity contribution in [2.75, 3.05) is 19.8 Å². The lowest BCUT2D eigenvalue weighted by Gasteiger charge is -2.26. The highest BCUT2D eigenvalue weighted by Crippen LogP contribution is 2.30. The Balaban J connectivity index is 2.31. The van der Waals surface area contributed by atoms with Crippen LogP contribution in [0.25, 0.3) is 0 Å². The zero-order chi connectivity index (χ0) is 12.1. The molecule has 0 aromatic carbocycles. The number of ether oxygens (including phenoxy) is 1. The summed E-state index contributed by atoms with van der Waals surface area (Å²) in [6.45, 7) is 4.13. The van der Waals surface area contributed by atoms with Crippen molar-refractivity contribution in [2.45, 2.75) is 32.7 Å². The molecular formula is C11H19NO4. The summed E-state index contributed by atoms with van der Waals surface area (Å²) < 4.78 is 4.80. The van der Waals surface area contributed by atoms with E-state index >= 15 is 0 Å². The molecule has 0 aliphatic heterocycles. The average Bonchev–Trinajstić information content (AvgIpc) is 2.96. The quantitative estimate of drug-likeness (QED) is 0.699. The first-order chi connectivity index (χ1) is 7.50. The Labute approximate surface area is 95.4 Å². The number of nitrogens with zero attached hydrogens (tertiary/aromatic N) is 1. The van der Waals surface area contributed by atoms with Crippen molar-refractivity contribution in [3.8, 4) is 0 Å². The van der Waals surface area contributed by atoms with Crippen LogP contribution >= 0.6 is 0 Å². The minimum atomic E-state index is -1.05. The zero-order valence-electron chi connectivity index (χ0n) is 9.81. The third-order valence-electron chi connectivity index (χ3n) is 2.55. The lowest BCUT2D eigenvalue weighted by Crippen LogP contribution is -2.40. The van der Waals surface area contributed by atoms with Crippen LogP contribution in [0.2, 0.25) is 0 Å². The number of carbonyl (C=O) groups is 2. The molecule has 1 aliphatic carbocycles. The second kappa shape index (κ2) is 5.84. The first-order valence-electron chi connectivity index (χ1n) is 5.59. The smallest absolute Gasteiger partial charge is 0.329 e. The SMILES string of the molecule is CC(C)N(CC1CC1)C(=O)COCC(=O)O. The van der Waals surface area contributed by atoms with Gasteiger partial charge in [0.15, 0.2) is 0 Å². The van der Waals surface area contributed by atoms with Crippen LogP contribution in [0.3, 0.4) is 0 Å². The second-order valence-electron chi connectivity index (χ2n) is 4.47. The summed E-state index contributed by atoms with van der Waals surface area (Å²) >= 11 is 0. The van der Waals surface area contributed by atoms with Gasteiger partial charge in [0, 0.05) is 12.6 Å². The van der Waals surface area contributed by atoms with Gasteiger partial charge in [0.1, 0.15) is 13.2 Å². The zero-order valence-corrected chi connectivity index (χ0v) is 9.81. The molecule has 0 radical (unpaired) electrons. The fraction of sp³-hybridized carbons (Fsp3) is 0.818. The van der Waals surface area contributed by atoms with Crippen LogP contribution < -0.4 is 0 Å². The molecule has 0 bridgehead atoms. The Hall–Kier alpha value is -1.10. The van der Waals surface area contributed by atoms with Crippen molar-refractivity contribution in [2.24, 2.45) is 5.92 Å². The first kappa shape index (κ1) is 13.0. The highest BCUT2D eigenvalue weighted by molar-refractivity contribution is 5.78. The Bertz CT molecular complexity index is 261. The van der Waals surface area contributed by atoms with Gasteiger partial charge in [-0.1, -0.05) is 0 Å². The lowest BCUT2D eigenvalue weighted by atomic mass is 10.2. The molecule has 1 fully saturated rings. The summed E-state index contributed by atoms with van der Waals surface area (Å²) in [6.07, 6.45) is 2.37. The standard InChI is InChI=1S/C11H19NO4/c1-8(2)12(5-9-3-4-9)10(13)6-16-7-11(14)15/h8-9H,3-7H2,1-2H3,(H,14,15). The van der Waals surface area contributed by atoms with E-state index in [1.54, 1.807) is 4.90 Å². The number of hydrogen-bond acceptors (Lipinski definition) is 3. The summed E-state index contributed by atoms with van der Waals surface area (Å²) in [5, 5.41) is 8.38. The number of rotatable bonds is 7. The van der Waals surface area contributed by atoms with Gasteiger partial charge in [-0.3, -0.25) is 4.79 Å². The van der Waals surface area contributed by atoms with E-state index < -0.39 is 12.6 Å². The van der Waals surface area contributed by atoms with E-state index in [-0.39, 0.29) is 18.6 Å². The van der Waals surface area contributed by atoms with Gasteiger partial charge in [-0.25, -0.2) is 4.79 Å². The van der Waals surface area contributed by atoms with Crippen molar-refractivity contribution >= 4 is 11.9 Å². The first-order valence-corrected chi connectivity index (χ1v) is 5.59. The van der Waals surface area contributed by atoms with Crippen molar-refractivity contribution in [3.05, 3.63) is 0 Å². The molecule has 1 amide bonds. The van der Waals surface area contributed by atoms with Gasteiger partial charge in [0.2, 0.25) is 5.91 Å². The molecule has 0 atom stereocenters. The fourth-order valence-corrected chi connectivity index (χ4v) is 1.49. The van der Waals surface area contributed by atoms with Crippen molar-refractivity contribution in [3.63, 3.8) is 0 Å². The molecule has 0 unspecified atom stereocenters. The highest BCUT2D eigenvalue weighted by atomic mass is 16.5. The lowest BCUT2D eigenvalue weighted by molar-refractivity contribution is -0.146. The molecule has 0 aromatic heterocycles. The van der Waals surface area contributed by atoms with Crippen molar-refractivity contribution in [1.82, 2.24) is 4.90 Å². The van der Waals surface area contributed by atoms with Gasteiger partial charge in [-0.2, -0.15) is 0 Å². The van der Waals surface area contributed by atoms with E-state index in [0.717, 1.165) is 6.54 Å². The molecule has 0 spiro atoms. The van der Waals surface area contributed by atoms with Gasteiger partial charge in [0.05, 0.1) is 0 Å². The molecule has 1 saturated carbocycles. The van der Waals surface area contributed by atoms with Crippen LogP contribution in [0.5, 0.6) is 0 Å². The number of carboxylic acid groups (broad SMARTS) is 1. The van der Waals surface area contributed by atoms with Crippen molar-refractivity contribution < 1.29 is 19.4 Å². The van der Waals surface area contributed by atoms with E-state index in [1.807, 2.05) is 13.8 Å². The predicted octanol–water partition coefficient (Wildman–Crippen LogP) is 0.735. The largest absolute Gasteiger partial charge is 0.480 e. The van der Waals surface area contributed by atoms with Gasteiger partial charge >= 0.3 is 5.97 Å². The molecule has 92 valence electrons. The van der Waals surface area contributed by atoms with Crippen LogP contribution in [0.15, 0.2) is 0 Å². The summed E-state index contributed by atoms with van der Waals surface area (Å²) in [7, 11) is 0. The average molecular weight is 229 g/mol. The van der Waals surface area contributed by atoms with Crippen LogP contribution in [0, 0.1) is 5.92 Å². The van der Waals surface area contributed by atoms with Gasteiger partial charge in [-0.15, -0.1) is 0 Å². The van der Waals surface area contributed by atoms with E-state index in [2.05, 4.69) is 0 Å². The summed E-state index contributed by atoms with van der Waals surface area (Å²) in [6, 6.07) is 0.140. The van der Waals surface area contributed by atoms with Crippen LogP contribution in [0.1, 0.15) is 26.7 Å². The molecule has 0 aromatic rings. The minimum absolute atomic E-state index is 0.122. The van der Waals surface area contributed by atoms with Gasteiger partial charge in [-0.05, 0) is 32.6 Å². The molecular weight excluding hydrogens is 210 g/mol. The third kappa shape index (κ3) is 4.61. The molecule has 16 heavy (non-hydrogen) atoms. The summed E-state index contributed by atoms with van der Waals surface area (Å²) in [5.41, 5.74) is 0. The molecule has 1 N–H and O–H groups in total. The summed E-state index contributed by atoms with van der Waals surface area (Å²) in [5.74, 6) is -0.542. The molecule has 5 nitrogen and oxygen atoms in total. The number of amides is 1. The maximum Gasteiger partial charge on any atom is 0.329 e. The molecule has 0 saturated heterocycles. The van der Waals surface area contributed by atoms with Crippen molar-refractivity contribution in [1.29, 1.82) is 0 Å². The Kier molecular flexibility index (Phi) is 4.73. The number of aliphatic carboxylic acids is 1. The molecule has 0 heterocycles. The van der Waals surface area contributed by atoms with E-state index in [9.17, 15) is 9.59 Å². The van der Waals surface area contributed by atoms with Gasteiger partial charge in [0.25, 0.3) is 0 Å². The van der Waals surface area contributed by atoms with Gasteiger partial charge < -0.3 is 14.7 Å². The number of hydrogen-bond donors (Lipinski definition) is 1. The number of carboxylic acids is 1. The highest BCUT2D eigenvalue weighted by Gasteiger charge is 2.28. The minimum Gasteiger partial charge on any atom is -0.480 e. The molecule has 1 rings (SSSR count). The third-order valence-corrected chi connectivity index (χ3v) is 2.55. The predicted molar refractivity (Wildman–Crippen MR) is 58.0 cm³/mol. The molecule has 1 aliphatic rings. The maximum absolute atomic E-state index is 11.7. The van der Waals surface area contributed by atoms with E-state index in [4.69, 9.17) is 9.84 Å². The number of carbonyl (C=O) groups excluding carboxylic acids is 1. The van der Waals surface area contributed by atoms with E-state index in [1.165, 1.54) is 12.8 Å². The Morgan fingerprint density at radius 3 is 2.44 bits per heavy atom. The van der Waals surface area contributed by atoms with Crippen LogP contribution in [-0.4, -0.2) is 47.7 Å². The Morgan fingerprint density at radius 1 is 1.38 bits per heavy atom. The maximum atomic E-state index is 11.7. The monoisotopic (exact) mass is 229 g/mol. The van der Waals surface area contributed by atoms with Crippen LogP contribution in [-0.2, 0) is 14.3 Å². The fourth-order valence-electron chi connectivity index (χ4n) is 1.49. The summed E-state index contributed by atoms with van der Waals surface area (Å²) in [4.78, 5) is 23.7. The molecule has 5 heteroatoms. The van der Waals surface area contributed by atoms with E-state index in [0.29, 0.717) is 5.92 Å². The second-order valence-corrected chi connectivity index (χ2v) is 4.47. The Morgan fingerprint density at radius 2 is 2.00 bits per heavy atom. The normalized spacial score (nSPS) is 15.2.